The van der Waals surface area contributed by atoms with Crippen LogP contribution in [0.1, 0.15) is 47.0 Å². The lowest BCUT2D eigenvalue weighted by Gasteiger charge is -2.10. The van der Waals surface area contributed by atoms with Crippen molar-refractivity contribution in [3.63, 3.8) is 0 Å². The SMILES string of the molecule is CCc1cc(CNC(=O)c2cnn3c(C(F)(F)F)cc(CC)nc23)on1. The number of nitrogens with one attached hydrogen (secondary N) is 1. The number of rotatable bonds is 5. The summed E-state index contributed by atoms with van der Waals surface area (Å²) >= 11 is 0. The van der Waals surface area contributed by atoms with Crippen molar-refractivity contribution in [2.24, 2.45) is 0 Å². The van der Waals surface area contributed by atoms with Gasteiger partial charge < -0.3 is 9.84 Å². The van der Waals surface area contributed by atoms with Crippen LogP contribution in [-0.2, 0) is 25.6 Å². The van der Waals surface area contributed by atoms with E-state index in [0.29, 0.717) is 23.1 Å². The normalized spacial score (nSPS) is 11.9. The van der Waals surface area contributed by atoms with E-state index in [1.165, 1.54) is 0 Å². The zero-order chi connectivity index (χ0) is 18.9. The molecule has 0 aromatic carbocycles. The molecule has 1 N–H and O–H groups in total. The van der Waals surface area contributed by atoms with E-state index in [4.69, 9.17) is 4.52 Å². The Kier molecular flexibility index (Phi) is 4.66. The van der Waals surface area contributed by atoms with Gasteiger partial charge in [0, 0.05) is 11.8 Å². The lowest BCUT2D eigenvalue weighted by molar-refractivity contribution is -0.142. The van der Waals surface area contributed by atoms with Crippen LogP contribution in [0.15, 0.2) is 22.9 Å². The predicted octanol–water partition coefficient (Wildman–Crippen LogP) is 2.79. The number of hydrogen-bond acceptors (Lipinski definition) is 5. The predicted molar refractivity (Wildman–Crippen MR) is 84.4 cm³/mol. The first-order valence-corrected chi connectivity index (χ1v) is 8.01. The molecule has 7 nitrogen and oxygen atoms in total. The molecule has 0 atom stereocenters. The molecular weight excluding hydrogens is 351 g/mol. The Morgan fingerprint density at radius 2 is 1.96 bits per heavy atom. The highest BCUT2D eigenvalue weighted by Gasteiger charge is 2.35. The molecule has 0 bridgehead atoms. The molecule has 3 aromatic rings. The molecule has 0 aliphatic heterocycles. The zero-order valence-electron chi connectivity index (χ0n) is 14.1. The Morgan fingerprint density at radius 1 is 1.23 bits per heavy atom. The number of fused-ring (bicyclic) bond motifs is 1. The maximum atomic E-state index is 13.2. The minimum absolute atomic E-state index is 0.0407. The molecule has 138 valence electrons. The van der Waals surface area contributed by atoms with E-state index < -0.39 is 17.8 Å². The van der Waals surface area contributed by atoms with Gasteiger partial charge in [0.2, 0.25) is 0 Å². The first-order chi connectivity index (χ1) is 12.3. The number of aromatic nitrogens is 4. The van der Waals surface area contributed by atoms with Crippen molar-refractivity contribution in [2.75, 3.05) is 0 Å². The molecule has 10 heteroatoms. The maximum Gasteiger partial charge on any atom is 0.433 e. The van der Waals surface area contributed by atoms with Crippen LogP contribution >= 0.6 is 0 Å². The summed E-state index contributed by atoms with van der Waals surface area (Å²) in [6.45, 7) is 3.65. The largest absolute Gasteiger partial charge is 0.433 e. The number of aryl methyl sites for hydroxylation is 2. The fraction of sp³-hybridized carbons (Fsp3) is 0.375. The second-order valence-corrected chi connectivity index (χ2v) is 5.60. The standard InChI is InChI=1S/C16H16F3N5O2/c1-3-9-6-13(16(17,18)19)24-14(22-9)12(8-21-24)15(25)20-7-11-5-10(4-2)23-26-11/h5-6,8H,3-4,7H2,1-2H3,(H,20,25). The van der Waals surface area contributed by atoms with E-state index in [2.05, 4.69) is 20.6 Å². The second kappa shape index (κ2) is 6.77. The third kappa shape index (κ3) is 3.39. The van der Waals surface area contributed by atoms with Crippen LogP contribution < -0.4 is 5.32 Å². The summed E-state index contributed by atoms with van der Waals surface area (Å²) in [5.74, 6) is -0.145. The van der Waals surface area contributed by atoms with Gasteiger partial charge in [0.15, 0.2) is 11.4 Å². The molecule has 3 rings (SSSR count). The number of hydrogen-bond donors (Lipinski definition) is 1. The lowest BCUT2D eigenvalue weighted by atomic mass is 10.2. The van der Waals surface area contributed by atoms with Crippen molar-refractivity contribution in [3.05, 3.63) is 46.7 Å². The molecule has 1 amide bonds. The van der Waals surface area contributed by atoms with Gasteiger partial charge in [0.05, 0.1) is 18.4 Å². The maximum absolute atomic E-state index is 13.2. The lowest BCUT2D eigenvalue weighted by Crippen LogP contribution is -2.23. The molecule has 0 saturated heterocycles. The van der Waals surface area contributed by atoms with E-state index in [1.54, 1.807) is 13.0 Å². The molecule has 0 saturated carbocycles. The Bertz CT molecular complexity index is 945. The molecule has 0 spiro atoms. The van der Waals surface area contributed by atoms with Gasteiger partial charge in [0.1, 0.15) is 11.3 Å². The number of amides is 1. The van der Waals surface area contributed by atoms with Crippen molar-refractivity contribution in [2.45, 2.75) is 39.4 Å². The summed E-state index contributed by atoms with van der Waals surface area (Å²) in [5, 5.41) is 10.1. The van der Waals surface area contributed by atoms with Crippen LogP contribution in [0.4, 0.5) is 13.2 Å². The average molecular weight is 367 g/mol. The van der Waals surface area contributed by atoms with E-state index in [9.17, 15) is 18.0 Å². The van der Waals surface area contributed by atoms with Crippen LogP contribution in [0.3, 0.4) is 0 Å². The summed E-state index contributed by atoms with van der Waals surface area (Å²) in [5.41, 5.74) is -0.181. The Balaban J connectivity index is 1.90. The van der Waals surface area contributed by atoms with Gasteiger partial charge in [-0.05, 0) is 18.9 Å². The van der Waals surface area contributed by atoms with Gasteiger partial charge in [0.25, 0.3) is 5.91 Å². The minimum atomic E-state index is -4.61. The van der Waals surface area contributed by atoms with Crippen LogP contribution in [0.5, 0.6) is 0 Å². The third-order valence-electron chi connectivity index (χ3n) is 3.82. The topological polar surface area (TPSA) is 85.3 Å². The van der Waals surface area contributed by atoms with Crippen molar-refractivity contribution < 1.29 is 22.5 Å². The van der Waals surface area contributed by atoms with Gasteiger partial charge in [-0.25, -0.2) is 9.50 Å². The summed E-state index contributed by atoms with van der Waals surface area (Å²) in [7, 11) is 0. The van der Waals surface area contributed by atoms with Gasteiger partial charge >= 0.3 is 6.18 Å². The van der Waals surface area contributed by atoms with E-state index >= 15 is 0 Å². The minimum Gasteiger partial charge on any atom is -0.359 e. The molecule has 0 aliphatic carbocycles. The summed E-state index contributed by atoms with van der Waals surface area (Å²) in [6.07, 6.45) is -2.55. The van der Waals surface area contributed by atoms with Crippen LogP contribution in [0, 0.1) is 0 Å². The van der Waals surface area contributed by atoms with E-state index in [-0.39, 0.29) is 23.4 Å². The summed E-state index contributed by atoms with van der Waals surface area (Å²) in [6, 6.07) is 2.63. The Labute approximate surface area is 146 Å². The molecule has 26 heavy (non-hydrogen) atoms. The van der Waals surface area contributed by atoms with Gasteiger partial charge in [-0.3, -0.25) is 4.79 Å². The molecule has 3 heterocycles. The number of carbonyl (C=O) groups excluding carboxylic acids is 1. The van der Waals surface area contributed by atoms with Crippen molar-refractivity contribution in [1.82, 2.24) is 25.1 Å². The first kappa shape index (κ1) is 17.9. The van der Waals surface area contributed by atoms with Gasteiger partial charge in [-0.2, -0.15) is 18.3 Å². The number of halogens is 3. The Morgan fingerprint density at radius 3 is 2.58 bits per heavy atom. The number of alkyl halides is 3. The highest BCUT2D eigenvalue weighted by molar-refractivity contribution is 5.99. The highest BCUT2D eigenvalue weighted by atomic mass is 19.4. The number of carbonyl (C=O) groups is 1. The van der Waals surface area contributed by atoms with Crippen molar-refractivity contribution >= 4 is 11.6 Å². The van der Waals surface area contributed by atoms with E-state index in [1.807, 2.05) is 6.92 Å². The van der Waals surface area contributed by atoms with Crippen LogP contribution in [0.2, 0.25) is 0 Å². The van der Waals surface area contributed by atoms with Crippen molar-refractivity contribution in [1.29, 1.82) is 0 Å². The molecule has 0 unspecified atom stereocenters. The summed E-state index contributed by atoms with van der Waals surface area (Å²) < 4.78 is 45.4. The van der Waals surface area contributed by atoms with Crippen molar-refractivity contribution in [3.8, 4) is 0 Å². The number of nitrogens with zero attached hydrogens (tertiary/aromatic N) is 4. The molecule has 3 aromatic heterocycles. The monoisotopic (exact) mass is 367 g/mol. The zero-order valence-corrected chi connectivity index (χ0v) is 14.1. The quantitative estimate of drug-likeness (QED) is 0.750. The van der Waals surface area contributed by atoms with Gasteiger partial charge in [-0.1, -0.05) is 19.0 Å². The van der Waals surface area contributed by atoms with Gasteiger partial charge in [-0.15, -0.1) is 0 Å². The van der Waals surface area contributed by atoms with Crippen LogP contribution in [0.25, 0.3) is 5.65 Å². The summed E-state index contributed by atoms with van der Waals surface area (Å²) in [4.78, 5) is 16.5. The molecule has 0 fully saturated rings. The second-order valence-electron chi connectivity index (χ2n) is 5.60. The fourth-order valence-corrected chi connectivity index (χ4v) is 2.42. The van der Waals surface area contributed by atoms with Crippen LogP contribution in [-0.4, -0.2) is 25.7 Å². The molecular formula is C16H16F3N5O2. The highest BCUT2D eigenvalue weighted by Crippen LogP contribution is 2.30. The third-order valence-corrected chi connectivity index (χ3v) is 3.82. The molecule has 0 aliphatic rings. The average Bonchev–Trinajstić information content (AvgIpc) is 3.24. The molecule has 0 radical (unpaired) electrons. The fourth-order valence-electron chi connectivity index (χ4n) is 2.42. The smallest absolute Gasteiger partial charge is 0.359 e. The Hall–Kier alpha value is -2.91. The first-order valence-electron chi connectivity index (χ1n) is 8.01. The van der Waals surface area contributed by atoms with E-state index in [0.717, 1.165) is 18.0 Å².